The first kappa shape index (κ1) is 17.6. The Morgan fingerprint density at radius 2 is 2.00 bits per heavy atom. The number of amides is 2. The number of carbonyl (C=O) groups is 2. The number of nitrogens with one attached hydrogen (secondary N) is 1. The van der Waals surface area contributed by atoms with Crippen molar-refractivity contribution in [2.24, 2.45) is 0 Å². The zero-order valence-corrected chi connectivity index (χ0v) is 14.3. The molecule has 5 nitrogen and oxygen atoms in total. The quantitative estimate of drug-likeness (QED) is 0.842. The zero-order valence-electron chi connectivity index (χ0n) is 13.5. The molecule has 0 saturated heterocycles. The van der Waals surface area contributed by atoms with E-state index >= 15 is 0 Å². The molecule has 0 radical (unpaired) electrons. The van der Waals surface area contributed by atoms with E-state index in [1.54, 1.807) is 5.38 Å². The van der Waals surface area contributed by atoms with E-state index in [1.165, 1.54) is 11.3 Å². The number of hydrogen-bond acceptors (Lipinski definition) is 4. The van der Waals surface area contributed by atoms with Gasteiger partial charge < -0.3 is 10.2 Å². The molecule has 0 saturated carbocycles. The first-order valence-electron chi connectivity index (χ1n) is 7.39. The maximum Gasteiger partial charge on any atom is 0.270 e. The molecular formula is C15H25N3O2S. The molecule has 21 heavy (non-hydrogen) atoms. The van der Waals surface area contributed by atoms with Crippen LogP contribution in [0.3, 0.4) is 0 Å². The van der Waals surface area contributed by atoms with Crippen LogP contribution in [0.4, 0.5) is 0 Å². The minimum Gasteiger partial charge on any atom is -0.349 e. The minimum absolute atomic E-state index is 0.0842. The van der Waals surface area contributed by atoms with Crippen LogP contribution in [0.25, 0.3) is 0 Å². The van der Waals surface area contributed by atoms with E-state index in [-0.39, 0.29) is 23.9 Å². The van der Waals surface area contributed by atoms with Crippen molar-refractivity contribution in [2.75, 3.05) is 0 Å². The second-order valence-corrected chi connectivity index (χ2v) is 6.56. The molecule has 0 aliphatic rings. The number of carbonyl (C=O) groups excluding carboxylic acids is 2. The smallest absolute Gasteiger partial charge is 0.270 e. The second kappa shape index (κ2) is 8.12. The number of thiazole rings is 1. The minimum atomic E-state index is -0.163. The molecule has 1 rings (SSSR count). The predicted octanol–water partition coefficient (Wildman–Crippen LogP) is 2.82. The lowest BCUT2D eigenvalue weighted by Crippen LogP contribution is -2.36. The van der Waals surface area contributed by atoms with Crippen LogP contribution in [0.1, 0.15) is 63.0 Å². The van der Waals surface area contributed by atoms with Gasteiger partial charge >= 0.3 is 0 Å². The Morgan fingerprint density at radius 3 is 2.52 bits per heavy atom. The molecule has 0 aliphatic heterocycles. The highest BCUT2D eigenvalue weighted by Gasteiger charge is 2.19. The van der Waals surface area contributed by atoms with Crippen molar-refractivity contribution in [1.82, 2.24) is 15.2 Å². The molecule has 118 valence electrons. The van der Waals surface area contributed by atoms with Crippen LogP contribution in [-0.4, -0.2) is 33.8 Å². The van der Waals surface area contributed by atoms with Gasteiger partial charge in [0, 0.05) is 23.9 Å². The molecule has 0 aromatic carbocycles. The standard InChI is InChI=1S/C15H25N3O2S/c1-6-7-14(19)18(11(4)5)8-13-17-12(9-21-13)15(20)16-10(2)3/h9-11H,6-8H2,1-5H3,(H,16,20). The maximum atomic E-state index is 12.1. The number of aromatic nitrogens is 1. The Hall–Kier alpha value is -1.43. The Morgan fingerprint density at radius 1 is 1.33 bits per heavy atom. The molecule has 2 amide bonds. The van der Waals surface area contributed by atoms with Crippen LogP contribution >= 0.6 is 11.3 Å². The van der Waals surface area contributed by atoms with E-state index in [0.29, 0.717) is 18.7 Å². The van der Waals surface area contributed by atoms with Gasteiger partial charge in [0.05, 0.1) is 6.54 Å². The molecule has 0 bridgehead atoms. The Balaban J connectivity index is 2.75. The van der Waals surface area contributed by atoms with Crippen molar-refractivity contribution in [3.63, 3.8) is 0 Å². The third kappa shape index (κ3) is 5.46. The van der Waals surface area contributed by atoms with E-state index < -0.39 is 0 Å². The molecule has 6 heteroatoms. The second-order valence-electron chi connectivity index (χ2n) is 5.62. The van der Waals surface area contributed by atoms with Crippen molar-refractivity contribution in [1.29, 1.82) is 0 Å². The molecule has 0 aliphatic carbocycles. The lowest BCUT2D eigenvalue weighted by molar-refractivity contribution is -0.133. The van der Waals surface area contributed by atoms with Gasteiger partial charge in [0.25, 0.3) is 5.91 Å². The summed E-state index contributed by atoms with van der Waals surface area (Å²) in [5.41, 5.74) is 0.426. The van der Waals surface area contributed by atoms with Crippen LogP contribution in [-0.2, 0) is 11.3 Å². The van der Waals surface area contributed by atoms with Gasteiger partial charge in [-0.25, -0.2) is 4.98 Å². The topological polar surface area (TPSA) is 62.3 Å². The molecule has 1 aromatic heterocycles. The summed E-state index contributed by atoms with van der Waals surface area (Å²) in [7, 11) is 0. The Labute approximate surface area is 130 Å². The molecule has 1 aromatic rings. The monoisotopic (exact) mass is 311 g/mol. The van der Waals surface area contributed by atoms with Gasteiger partial charge in [0.15, 0.2) is 0 Å². The van der Waals surface area contributed by atoms with Gasteiger partial charge in [0.2, 0.25) is 5.91 Å². The van der Waals surface area contributed by atoms with E-state index in [9.17, 15) is 9.59 Å². The van der Waals surface area contributed by atoms with Gasteiger partial charge in [-0.3, -0.25) is 9.59 Å². The lowest BCUT2D eigenvalue weighted by Gasteiger charge is -2.25. The van der Waals surface area contributed by atoms with Gasteiger partial charge in [-0.05, 0) is 34.1 Å². The summed E-state index contributed by atoms with van der Waals surface area (Å²) in [4.78, 5) is 30.1. The Kier molecular flexibility index (Phi) is 6.81. The number of nitrogens with zero attached hydrogens (tertiary/aromatic N) is 2. The van der Waals surface area contributed by atoms with Crippen molar-refractivity contribution in [3.8, 4) is 0 Å². The number of rotatable bonds is 7. The van der Waals surface area contributed by atoms with Crippen molar-refractivity contribution in [2.45, 2.75) is 66.1 Å². The van der Waals surface area contributed by atoms with E-state index in [1.807, 2.05) is 39.5 Å². The normalized spacial score (nSPS) is 11.0. The summed E-state index contributed by atoms with van der Waals surface area (Å²) in [6.45, 7) is 10.3. The molecule has 1 heterocycles. The van der Waals surface area contributed by atoms with Crippen molar-refractivity contribution >= 4 is 23.2 Å². The first-order valence-corrected chi connectivity index (χ1v) is 8.27. The van der Waals surface area contributed by atoms with Crippen molar-refractivity contribution < 1.29 is 9.59 Å². The highest BCUT2D eigenvalue weighted by Crippen LogP contribution is 2.15. The highest BCUT2D eigenvalue weighted by atomic mass is 32.1. The molecule has 0 unspecified atom stereocenters. The fourth-order valence-corrected chi connectivity index (χ4v) is 2.66. The van der Waals surface area contributed by atoms with E-state index in [0.717, 1.165) is 11.4 Å². The van der Waals surface area contributed by atoms with Crippen LogP contribution in [0, 0.1) is 0 Å². The fraction of sp³-hybridized carbons (Fsp3) is 0.667. The summed E-state index contributed by atoms with van der Waals surface area (Å²) in [6.07, 6.45) is 1.38. The van der Waals surface area contributed by atoms with Crippen molar-refractivity contribution in [3.05, 3.63) is 16.1 Å². The molecular weight excluding hydrogens is 286 g/mol. The average Bonchev–Trinajstić information content (AvgIpc) is 2.83. The SMILES string of the molecule is CCCC(=O)N(Cc1nc(C(=O)NC(C)C)cs1)C(C)C. The van der Waals surface area contributed by atoms with E-state index in [4.69, 9.17) is 0 Å². The highest BCUT2D eigenvalue weighted by molar-refractivity contribution is 7.09. The summed E-state index contributed by atoms with van der Waals surface area (Å²) in [6, 6.07) is 0.210. The Bertz CT molecular complexity index is 483. The van der Waals surface area contributed by atoms with Crippen LogP contribution in [0.15, 0.2) is 5.38 Å². The number of hydrogen-bond donors (Lipinski definition) is 1. The third-order valence-corrected chi connectivity index (χ3v) is 3.75. The van der Waals surface area contributed by atoms with Crippen LogP contribution in [0.5, 0.6) is 0 Å². The van der Waals surface area contributed by atoms with Gasteiger partial charge in [0.1, 0.15) is 10.7 Å². The lowest BCUT2D eigenvalue weighted by atomic mass is 10.2. The predicted molar refractivity (Wildman–Crippen MR) is 85.3 cm³/mol. The largest absolute Gasteiger partial charge is 0.349 e. The summed E-state index contributed by atoms with van der Waals surface area (Å²) in [5, 5.41) is 5.36. The van der Waals surface area contributed by atoms with Crippen LogP contribution in [0.2, 0.25) is 0 Å². The van der Waals surface area contributed by atoms with Gasteiger partial charge in [-0.15, -0.1) is 11.3 Å². The fourth-order valence-electron chi connectivity index (χ4n) is 1.89. The third-order valence-electron chi connectivity index (χ3n) is 2.92. The summed E-state index contributed by atoms with van der Waals surface area (Å²) < 4.78 is 0. The first-order chi connectivity index (χ1) is 9.85. The van der Waals surface area contributed by atoms with Crippen LogP contribution < -0.4 is 5.32 Å². The molecule has 0 atom stereocenters. The average molecular weight is 311 g/mol. The molecule has 1 N–H and O–H groups in total. The molecule has 0 fully saturated rings. The zero-order chi connectivity index (χ0) is 16.0. The van der Waals surface area contributed by atoms with E-state index in [2.05, 4.69) is 10.3 Å². The summed E-state index contributed by atoms with van der Waals surface area (Å²) in [5.74, 6) is -0.0284. The van der Waals surface area contributed by atoms with Gasteiger partial charge in [-0.2, -0.15) is 0 Å². The van der Waals surface area contributed by atoms with Gasteiger partial charge in [-0.1, -0.05) is 6.92 Å². The molecule has 0 spiro atoms. The maximum absolute atomic E-state index is 12.1. The summed E-state index contributed by atoms with van der Waals surface area (Å²) >= 11 is 1.42.